The number of benzene rings is 2. The van der Waals surface area contributed by atoms with Crippen LogP contribution >= 0.6 is 22.6 Å². The van der Waals surface area contributed by atoms with Crippen LogP contribution in [0.1, 0.15) is 24.0 Å². The van der Waals surface area contributed by atoms with Crippen molar-refractivity contribution in [2.24, 2.45) is 0 Å². The van der Waals surface area contributed by atoms with Gasteiger partial charge in [0.25, 0.3) is 0 Å². The number of carboxylic acid groups (broad SMARTS) is 1. The number of halogens is 1. The Bertz CT molecular complexity index is 593. The van der Waals surface area contributed by atoms with E-state index in [0.717, 1.165) is 20.4 Å². The zero-order valence-corrected chi connectivity index (χ0v) is 13.2. The number of para-hydroxylation sites is 1. The summed E-state index contributed by atoms with van der Waals surface area (Å²) in [5.41, 5.74) is 1.82. The summed E-state index contributed by atoms with van der Waals surface area (Å²) >= 11 is 2.23. The van der Waals surface area contributed by atoms with E-state index in [0.29, 0.717) is 6.61 Å². The highest BCUT2D eigenvalue weighted by molar-refractivity contribution is 14.1. The predicted molar refractivity (Wildman–Crippen MR) is 86.0 cm³/mol. The number of carbonyl (C=O) groups is 1. The Morgan fingerprint density at radius 3 is 2.45 bits per heavy atom. The Morgan fingerprint density at radius 1 is 1.20 bits per heavy atom. The van der Waals surface area contributed by atoms with Gasteiger partial charge >= 0.3 is 5.97 Å². The van der Waals surface area contributed by atoms with Crippen molar-refractivity contribution in [3.8, 4) is 5.75 Å². The number of rotatable bonds is 5. The van der Waals surface area contributed by atoms with E-state index in [1.165, 1.54) is 0 Å². The van der Waals surface area contributed by atoms with Gasteiger partial charge in [-0.15, -0.1) is 0 Å². The zero-order chi connectivity index (χ0) is 14.5. The van der Waals surface area contributed by atoms with Gasteiger partial charge in [0.2, 0.25) is 0 Å². The maximum atomic E-state index is 10.9. The minimum absolute atomic E-state index is 0.474. The highest BCUT2D eigenvalue weighted by Gasteiger charge is 2.12. The van der Waals surface area contributed by atoms with Gasteiger partial charge < -0.3 is 9.84 Å². The van der Waals surface area contributed by atoms with E-state index >= 15 is 0 Å². The first-order valence-electron chi connectivity index (χ1n) is 6.27. The summed E-state index contributed by atoms with van der Waals surface area (Å²) in [6.45, 7) is 2.15. The van der Waals surface area contributed by atoms with Crippen LogP contribution in [0, 0.1) is 3.57 Å². The van der Waals surface area contributed by atoms with Crippen molar-refractivity contribution in [1.82, 2.24) is 0 Å². The maximum absolute atomic E-state index is 10.9. The lowest BCUT2D eigenvalue weighted by atomic mass is 10.0. The fourth-order valence-corrected chi connectivity index (χ4v) is 2.31. The van der Waals surface area contributed by atoms with Crippen LogP contribution in [-0.2, 0) is 11.4 Å². The van der Waals surface area contributed by atoms with E-state index in [9.17, 15) is 4.79 Å². The Morgan fingerprint density at radius 2 is 1.85 bits per heavy atom. The number of carboxylic acids is 1. The highest BCUT2D eigenvalue weighted by atomic mass is 127. The first kappa shape index (κ1) is 14.8. The second kappa shape index (κ2) is 6.74. The van der Waals surface area contributed by atoms with Crippen LogP contribution in [-0.4, -0.2) is 11.1 Å². The summed E-state index contributed by atoms with van der Waals surface area (Å²) < 4.78 is 6.82. The SMILES string of the molecule is CC(C(=O)O)c1ccc(COc2ccccc2I)cc1. The van der Waals surface area contributed by atoms with E-state index in [2.05, 4.69) is 22.6 Å². The molecule has 0 radical (unpaired) electrons. The second-order valence-corrected chi connectivity index (χ2v) is 5.68. The van der Waals surface area contributed by atoms with Gasteiger partial charge in [-0.3, -0.25) is 4.79 Å². The molecule has 104 valence electrons. The second-order valence-electron chi connectivity index (χ2n) is 4.52. The molecule has 0 fully saturated rings. The summed E-state index contributed by atoms with van der Waals surface area (Å²) in [5.74, 6) is -0.441. The molecule has 0 bridgehead atoms. The molecule has 1 unspecified atom stereocenters. The van der Waals surface area contributed by atoms with Gasteiger partial charge in [-0.05, 0) is 52.8 Å². The van der Waals surface area contributed by atoms with Crippen LogP contribution < -0.4 is 4.74 Å². The van der Waals surface area contributed by atoms with E-state index in [4.69, 9.17) is 9.84 Å². The van der Waals surface area contributed by atoms with E-state index in [-0.39, 0.29) is 0 Å². The van der Waals surface area contributed by atoms with Gasteiger partial charge in [-0.25, -0.2) is 0 Å². The molecule has 0 saturated heterocycles. The van der Waals surface area contributed by atoms with Crippen LogP contribution in [0.4, 0.5) is 0 Å². The molecular formula is C16H15IO3. The van der Waals surface area contributed by atoms with Crippen LogP contribution in [0.15, 0.2) is 48.5 Å². The summed E-state index contributed by atoms with van der Waals surface area (Å²) in [6.07, 6.45) is 0. The maximum Gasteiger partial charge on any atom is 0.310 e. The number of ether oxygens (including phenoxy) is 1. The van der Waals surface area contributed by atoms with Crippen molar-refractivity contribution in [3.63, 3.8) is 0 Å². The van der Waals surface area contributed by atoms with Crippen LogP contribution in [0.2, 0.25) is 0 Å². The molecule has 1 atom stereocenters. The lowest BCUT2D eigenvalue weighted by Gasteiger charge is -2.10. The van der Waals surface area contributed by atoms with Gasteiger partial charge in [-0.1, -0.05) is 36.4 Å². The Kier molecular flexibility index (Phi) is 5.00. The molecule has 2 aromatic carbocycles. The van der Waals surface area contributed by atoms with Crippen molar-refractivity contribution >= 4 is 28.6 Å². The molecule has 2 rings (SSSR count). The Labute approximate surface area is 131 Å². The lowest BCUT2D eigenvalue weighted by Crippen LogP contribution is -2.07. The molecule has 1 N–H and O–H groups in total. The molecule has 0 aliphatic carbocycles. The van der Waals surface area contributed by atoms with Crippen molar-refractivity contribution < 1.29 is 14.6 Å². The zero-order valence-electron chi connectivity index (χ0n) is 11.0. The molecule has 4 heteroatoms. The molecule has 20 heavy (non-hydrogen) atoms. The first-order chi connectivity index (χ1) is 9.58. The minimum atomic E-state index is -0.812. The van der Waals surface area contributed by atoms with Crippen LogP contribution in [0.5, 0.6) is 5.75 Å². The highest BCUT2D eigenvalue weighted by Crippen LogP contribution is 2.21. The minimum Gasteiger partial charge on any atom is -0.488 e. The molecule has 0 saturated carbocycles. The predicted octanol–water partition coefficient (Wildman–Crippen LogP) is 4.06. The molecule has 2 aromatic rings. The molecule has 0 aromatic heterocycles. The molecule has 0 amide bonds. The molecule has 3 nitrogen and oxygen atoms in total. The molecule has 0 aliphatic rings. The quantitative estimate of drug-likeness (QED) is 0.794. The average molecular weight is 382 g/mol. The third kappa shape index (κ3) is 3.72. The number of aliphatic carboxylic acids is 1. The fraction of sp³-hybridized carbons (Fsp3) is 0.188. The summed E-state index contributed by atoms with van der Waals surface area (Å²) in [4.78, 5) is 10.9. The topological polar surface area (TPSA) is 46.5 Å². The molecule has 0 heterocycles. The third-order valence-electron chi connectivity index (χ3n) is 3.08. The lowest BCUT2D eigenvalue weighted by molar-refractivity contribution is -0.138. The Hall–Kier alpha value is -1.56. The van der Waals surface area contributed by atoms with Gasteiger partial charge in [0, 0.05) is 0 Å². The number of hydrogen-bond donors (Lipinski definition) is 1. The normalized spacial score (nSPS) is 11.9. The number of hydrogen-bond acceptors (Lipinski definition) is 2. The van der Waals surface area contributed by atoms with Crippen molar-refractivity contribution in [2.75, 3.05) is 0 Å². The smallest absolute Gasteiger partial charge is 0.310 e. The standard InChI is InChI=1S/C16H15IO3/c1-11(16(18)19)13-8-6-12(7-9-13)10-20-15-5-3-2-4-14(15)17/h2-9,11H,10H2,1H3,(H,18,19). The summed E-state index contributed by atoms with van der Waals surface area (Å²) in [7, 11) is 0. The molecule has 0 aliphatic heterocycles. The van der Waals surface area contributed by atoms with Gasteiger partial charge in [0.15, 0.2) is 0 Å². The summed E-state index contributed by atoms with van der Waals surface area (Å²) in [5, 5.41) is 8.96. The van der Waals surface area contributed by atoms with Gasteiger partial charge in [-0.2, -0.15) is 0 Å². The third-order valence-corrected chi connectivity index (χ3v) is 3.97. The van der Waals surface area contributed by atoms with Crippen LogP contribution in [0.25, 0.3) is 0 Å². The monoisotopic (exact) mass is 382 g/mol. The van der Waals surface area contributed by atoms with Crippen molar-refractivity contribution in [1.29, 1.82) is 0 Å². The largest absolute Gasteiger partial charge is 0.488 e. The van der Waals surface area contributed by atoms with E-state index < -0.39 is 11.9 Å². The van der Waals surface area contributed by atoms with Gasteiger partial charge in [0.1, 0.15) is 12.4 Å². The molecular weight excluding hydrogens is 367 g/mol. The Balaban J connectivity index is 2.01. The summed E-state index contributed by atoms with van der Waals surface area (Å²) in [6, 6.07) is 15.3. The van der Waals surface area contributed by atoms with Gasteiger partial charge in [0.05, 0.1) is 9.49 Å². The van der Waals surface area contributed by atoms with E-state index in [1.807, 2.05) is 48.5 Å². The fourth-order valence-electron chi connectivity index (χ4n) is 1.77. The van der Waals surface area contributed by atoms with Crippen molar-refractivity contribution in [3.05, 3.63) is 63.2 Å². The van der Waals surface area contributed by atoms with Crippen LogP contribution in [0.3, 0.4) is 0 Å². The average Bonchev–Trinajstić information content (AvgIpc) is 2.46. The van der Waals surface area contributed by atoms with E-state index in [1.54, 1.807) is 6.92 Å². The van der Waals surface area contributed by atoms with Crippen molar-refractivity contribution in [2.45, 2.75) is 19.4 Å². The molecule has 0 spiro atoms. The first-order valence-corrected chi connectivity index (χ1v) is 7.35.